The summed E-state index contributed by atoms with van der Waals surface area (Å²) in [6.45, 7) is 5.90. The van der Waals surface area contributed by atoms with E-state index in [0.717, 1.165) is 11.3 Å². The van der Waals surface area contributed by atoms with Crippen molar-refractivity contribution < 1.29 is 13.9 Å². The van der Waals surface area contributed by atoms with E-state index < -0.39 is 17.2 Å². The molecule has 3 rings (SSSR count). The number of benzene rings is 2. The molecule has 1 heterocycles. The van der Waals surface area contributed by atoms with Crippen LogP contribution in [0.1, 0.15) is 41.6 Å². The van der Waals surface area contributed by atoms with Crippen molar-refractivity contribution >= 4 is 5.91 Å². The number of amides is 1. The normalized spacial score (nSPS) is 11.7. The summed E-state index contributed by atoms with van der Waals surface area (Å²) in [4.78, 5) is 25.0. The standard InChI is InChI=1S/C22H22FN3O3/c1-4-29-17-11-9-16(10-12-17)15(3)24-22(28)21-20(27)13-14(2)26(25-21)19-8-6-5-7-18(19)23/h5-13,15H,4H2,1-3H3,(H,24,28). The molecule has 7 heteroatoms. The van der Waals surface area contributed by atoms with E-state index in [2.05, 4.69) is 10.4 Å². The quantitative estimate of drug-likeness (QED) is 0.693. The Morgan fingerprint density at radius 3 is 2.55 bits per heavy atom. The van der Waals surface area contributed by atoms with E-state index in [1.165, 1.54) is 22.9 Å². The van der Waals surface area contributed by atoms with Gasteiger partial charge < -0.3 is 10.1 Å². The van der Waals surface area contributed by atoms with Gasteiger partial charge in [-0.25, -0.2) is 9.07 Å². The third-order valence-electron chi connectivity index (χ3n) is 4.44. The molecule has 0 bridgehead atoms. The van der Waals surface area contributed by atoms with Crippen molar-refractivity contribution in [3.63, 3.8) is 0 Å². The molecule has 1 unspecified atom stereocenters. The third kappa shape index (κ3) is 4.51. The molecular weight excluding hydrogens is 373 g/mol. The van der Waals surface area contributed by atoms with Crippen molar-refractivity contribution in [1.82, 2.24) is 15.1 Å². The van der Waals surface area contributed by atoms with Gasteiger partial charge in [0, 0.05) is 11.8 Å². The van der Waals surface area contributed by atoms with Gasteiger partial charge in [0.1, 0.15) is 17.3 Å². The molecule has 2 aromatic carbocycles. The van der Waals surface area contributed by atoms with Gasteiger partial charge in [-0.05, 0) is 50.6 Å². The fourth-order valence-electron chi connectivity index (χ4n) is 2.94. The lowest BCUT2D eigenvalue weighted by Crippen LogP contribution is -2.33. The van der Waals surface area contributed by atoms with E-state index in [9.17, 15) is 14.0 Å². The van der Waals surface area contributed by atoms with E-state index in [1.807, 2.05) is 31.2 Å². The molecule has 1 N–H and O–H groups in total. The van der Waals surface area contributed by atoms with Gasteiger partial charge in [-0.3, -0.25) is 9.59 Å². The average molecular weight is 395 g/mol. The Bertz CT molecular complexity index is 1080. The predicted molar refractivity (Wildman–Crippen MR) is 108 cm³/mol. The first-order valence-corrected chi connectivity index (χ1v) is 9.30. The molecule has 0 saturated carbocycles. The maximum atomic E-state index is 14.2. The van der Waals surface area contributed by atoms with Crippen LogP contribution in [0.25, 0.3) is 5.69 Å². The summed E-state index contributed by atoms with van der Waals surface area (Å²) in [5.41, 5.74) is 0.626. The lowest BCUT2D eigenvalue weighted by atomic mass is 10.1. The van der Waals surface area contributed by atoms with Gasteiger partial charge in [-0.2, -0.15) is 5.10 Å². The molecule has 0 saturated heterocycles. The van der Waals surface area contributed by atoms with E-state index in [-0.39, 0.29) is 17.4 Å². The number of carbonyl (C=O) groups is 1. The molecule has 1 atom stereocenters. The first-order valence-electron chi connectivity index (χ1n) is 9.30. The van der Waals surface area contributed by atoms with E-state index >= 15 is 0 Å². The van der Waals surface area contributed by atoms with Crippen LogP contribution in [0.15, 0.2) is 59.4 Å². The van der Waals surface area contributed by atoms with Crippen LogP contribution in [0.3, 0.4) is 0 Å². The summed E-state index contributed by atoms with van der Waals surface area (Å²) in [6.07, 6.45) is 0. The van der Waals surface area contributed by atoms with Crippen molar-refractivity contribution in [3.8, 4) is 11.4 Å². The number of carbonyl (C=O) groups excluding carboxylic acids is 1. The zero-order chi connectivity index (χ0) is 21.0. The Morgan fingerprint density at radius 2 is 1.90 bits per heavy atom. The number of aromatic nitrogens is 2. The number of rotatable bonds is 6. The van der Waals surface area contributed by atoms with Crippen LogP contribution in [0.2, 0.25) is 0 Å². The second kappa shape index (κ2) is 8.68. The molecule has 1 amide bonds. The minimum Gasteiger partial charge on any atom is -0.494 e. The van der Waals surface area contributed by atoms with Gasteiger partial charge in [0.15, 0.2) is 5.69 Å². The van der Waals surface area contributed by atoms with E-state index in [4.69, 9.17) is 4.74 Å². The van der Waals surface area contributed by atoms with Crippen LogP contribution in [-0.4, -0.2) is 22.3 Å². The van der Waals surface area contributed by atoms with Crippen molar-refractivity contribution in [1.29, 1.82) is 0 Å². The summed E-state index contributed by atoms with van der Waals surface area (Å²) in [6, 6.07) is 14.3. The number of hydrogen-bond acceptors (Lipinski definition) is 4. The zero-order valence-corrected chi connectivity index (χ0v) is 16.5. The fraction of sp³-hybridized carbons (Fsp3) is 0.227. The summed E-state index contributed by atoms with van der Waals surface area (Å²) >= 11 is 0. The minimum absolute atomic E-state index is 0.165. The summed E-state index contributed by atoms with van der Waals surface area (Å²) in [7, 11) is 0. The van der Waals surface area contributed by atoms with Crippen LogP contribution in [0.4, 0.5) is 4.39 Å². The number of para-hydroxylation sites is 1. The van der Waals surface area contributed by atoms with Crippen molar-refractivity contribution in [2.45, 2.75) is 26.8 Å². The molecule has 0 spiro atoms. The Balaban J connectivity index is 1.86. The second-order valence-electron chi connectivity index (χ2n) is 6.56. The van der Waals surface area contributed by atoms with Crippen molar-refractivity contribution in [2.24, 2.45) is 0 Å². The SMILES string of the molecule is CCOc1ccc(C(C)NC(=O)c2nn(-c3ccccc3F)c(C)cc2=O)cc1. The Kier molecular flexibility index (Phi) is 6.07. The smallest absolute Gasteiger partial charge is 0.276 e. The highest BCUT2D eigenvalue weighted by Crippen LogP contribution is 2.18. The van der Waals surface area contributed by atoms with Crippen molar-refractivity contribution in [3.05, 3.63) is 87.6 Å². The first-order chi connectivity index (χ1) is 13.9. The van der Waals surface area contributed by atoms with Crippen LogP contribution in [0.5, 0.6) is 5.75 Å². The monoisotopic (exact) mass is 395 g/mol. The van der Waals surface area contributed by atoms with Gasteiger partial charge in [0.2, 0.25) is 5.43 Å². The fourth-order valence-corrected chi connectivity index (χ4v) is 2.94. The molecule has 6 nitrogen and oxygen atoms in total. The number of nitrogens with zero attached hydrogens (tertiary/aromatic N) is 2. The molecule has 0 radical (unpaired) electrons. The molecule has 150 valence electrons. The molecule has 0 aliphatic heterocycles. The molecule has 29 heavy (non-hydrogen) atoms. The lowest BCUT2D eigenvalue weighted by Gasteiger charge is -2.16. The lowest BCUT2D eigenvalue weighted by molar-refractivity contribution is 0.0931. The summed E-state index contributed by atoms with van der Waals surface area (Å²) < 4.78 is 20.8. The second-order valence-corrected chi connectivity index (χ2v) is 6.56. The summed E-state index contributed by atoms with van der Waals surface area (Å²) in [5.74, 6) is -0.384. The highest BCUT2D eigenvalue weighted by atomic mass is 19.1. The van der Waals surface area contributed by atoms with Crippen molar-refractivity contribution in [2.75, 3.05) is 6.61 Å². The predicted octanol–water partition coefficient (Wildman–Crippen LogP) is 3.57. The van der Waals surface area contributed by atoms with Gasteiger partial charge in [-0.1, -0.05) is 24.3 Å². The Morgan fingerprint density at radius 1 is 1.21 bits per heavy atom. The van der Waals surface area contributed by atoms with E-state index in [0.29, 0.717) is 12.3 Å². The highest BCUT2D eigenvalue weighted by molar-refractivity contribution is 5.92. The molecular formula is C22H22FN3O3. The Hall–Kier alpha value is -3.48. The minimum atomic E-state index is -0.624. The molecule has 0 aliphatic rings. The maximum absolute atomic E-state index is 14.2. The van der Waals surface area contributed by atoms with Crippen LogP contribution in [-0.2, 0) is 0 Å². The average Bonchev–Trinajstić information content (AvgIpc) is 2.69. The number of aryl methyl sites for hydroxylation is 1. The van der Waals surface area contributed by atoms with Crippen LogP contribution in [0, 0.1) is 12.7 Å². The zero-order valence-electron chi connectivity index (χ0n) is 16.5. The Labute approximate surface area is 168 Å². The highest BCUT2D eigenvalue weighted by Gasteiger charge is 2.19. The van der Waals surface area contributed by atoms with Crippen LogP contribution < -0.4 is 15.5 Å². The first kappa shape index (κ1) is 20.3. The maximum Gasteiger partial charge on any atom is 0.276 e. The van der Waals surface area contributed by atoms with Gasteiger partial charge >= 0.3 is 0 Å². The largest absolute Gasteiger partial charge is 0.494 e. The topological polar surface area (TPSA) is 73.2 Å². The van der Waals surface area contributed by atoms with Gasteiger partial charge in [0.25, 0.3) is 5.91 Å². The summed E-state index contributed by atoms with van der Waals surface area (Å²) in [5, 5.41) is 6.89. The molecule has 1 aromatic heterocycles. The molecule has 0 aliphatic carbocycles. The van der Waals surface area contributed by atoms with Crippen LogP contribution >= 0.6 is 0 Å². The van der Waals surface area contributed by atoms with E-state index in [1.54, 1.807) is 26.0 Å². The molecule has 0 fully saturated rings. The number of halogens is 1. The molecule has 3 aromatic rings. The van der Waals surface area contributed by atoms with Gasteiger partial charge in [0.05, 0.1) is 12.6 Å². The number of ether oxygens (including phenoxy) is 1. The number of nitrogens with one attached hydrogen (secondary N) is 1. The third-order valence-corrected chi connectivity index (χ3v) is 4.44. The number of hydrogen-bond donors (Lipinski definition) is 1. The van der Waals surface area contributed by atoms with Gasteiger partial charge in [-0.15, -0.1) is 0 Å².